The predicted octanol–water partition coefficient (Wildman–Crippen LogP) is -1.65. The van der Waals surface area contributed by atoms with Gasteiger partial charge in [-0.15, -0.1) is 0 Å². The Morgan fingerprint density at radius 2 is 1.53 bits per heavy atom. The number of carboxylic acid groups (broad SMARTS) is 1. The zero-order chi connectivity index (χ0) is 26.7. The number of aliphatic carboxylic acids is 1. The fourth-order valence-corrected chi connectivity index (χ4v) is 3.28. The van der Waals surface area contributed by atoms with E-state index in [0.717, 1.165) is 0 Å². The second-order valence-corrected chi connectivity index (χ2v) is 8.29. The number of nitrogens with zero attached hydrogens (tertiary/aromatic N) is 1. The van der Waals surface area contributed by atoms with Crippen LogP contribution < -0.4 is 27.4 Å². The van der Waals surface area contributed by atoms with E-state index in [1.165, 1.54) is 19.4 Å². The molecule has 0 radical (unpaired) electrons. The number of carboxylic acids is 1. The topological polar surface area (TPSA) is 222 Å². The first-order valence-corrected chi connectivity index (χ1v) is 11.3. The van der Waals surface area contributed by atoms with Crippen molar-refractivity contribution in [1.82, 2.24) is 25.9 Å². The molecule has 2 aromatic rings. The monoisotopic (exact) mass is 501 g/mol. The first-order chi connectivity index (χ1) is 17.1. The fraction of sp³-hybridized carbons (Fsp3) is 0.391. The van der Waals surface area contributed by atoms with Gasteiger partial charge in [0.2, 0.25) is 23.6 Å². The molecule has 0 spiro atoms. The highest BCUT2D eigenvalue weighted by Crippen LogP contribution is 2.07. The van der Waals surface area contributed by atoms with Gasteiger partial charge in [0, 0.05) is 31.2 Å². The number of rotatable bonds is 14. The molecule has 0 aliphatic heterocycles. The summed E-state index contributed by atoms with van der Waals surface area (Å²) in [5, 5.41) is 17.0. The van der Waals surface area contributed by atoms with E-state index in [-0.39, 0.29) is 25.7 Å². The Labute approximate surface area is 207 Å². The van der Waals surface area contributed by atoms with E-state index in [2.05, 4.69) is 25.9 Å². The highest BCUT2D eigenvalue weighted by molar-refractivity contribution is 5.94. The maximum atomic E-state index is 13.2. The molecule has 2 rings (SSSR count). The normalized spacial score (nSPS) is 14.1. The molecule has 4 atom stereocenters. The average molecular weight is 502 g/mol. The maximum Gasteiger partial charge on any atom is 0.326 e. The number of H-pyrrole nitrogens is 1. The molecule has 4 unspecified atom stereocenters. The Hall–Kier alpha value is -4.26. The van der Waals surface area contributed by atoms with Crippen molar-refractivity contribution < 1.29 is 29.1 Å². The molecule has 1 aromatic carbocycles. The average Bonchev–Trinajstić information content (AvgIpc) is 3.34. The van der Waals surface area contributed by atoms with Gasteiger partial charge in [0.25, 0.3) is 0 Å². The number of aromatic nitrogens is 2. The predicted molar refractivity (Wildman–Crippen MR) is 128 cm³/mol. The minimum absolute atomic E-state index is 0.0403. The van der Waals surface area contributed by atoms with Gasteiger partial charge >= 0.3 is 5.97 Å². The van der Waals surface area contributed by atoms with Crippen LogP contribution in [0.4, 0.5) is 0 Å². The maximum absolute atomic E-state index is 13.2. The molecule has 36 heavy (non-hydrogen) atoms. The summed E-state index contributed by atoms with van der Waals surface area (Å²) >= 11 is 0. The van der Waals surface area contributed by atoms with Crippen LogP contribution in [0.2, 0.25) is 0 Å². The number of hydrogen-bond acceptors (Lipinski definition) is 7. The van der Waals surface area contributed by atoms with E-state index >= 15 is 0 Å². The molecule has 0 bridgehead atoms. The number of imidazole rings is 1. The van der Waals surface area contributed by atoms with E-state index in [0.29, 0.717) is 11.3 Å². The second kappa shape index (κ2) is 13.6. The zero-order valence-corrected chi connectivity index (χ0v) is 19.8. The summed E-state index contributed by atoms with van der Waals surface area (Å²) in [5.74, 6) is -4.09. The third kappa shape index (κ3) is 9.18. The number of benzene rings is 1. The molecule has 194 valence electrons. The van der Waals surface area contributed by atoms with Crippen molar-refractivity contribution in [2.45, 2.75) is 56.8 Å². The largest absolute Gasteiger partial charge is 0.480 e. The Morgan fingerprint density at radius 1 is 0.944 bits per heavy atom. The molecule has 13 heteroatoms. The van der Waals surface area contributed by atoms with E-state index in [9.17, 15) is 29.1 Å². The van der Waals surface area contributed by atoms with Crippen molar-refractivity contribution in [2.24, 2.45) is 11.5 Å². The third-order valence-electron chi connectivity index (χ3n) is 5.24. The standard InChI is InChI=1S/C23H31N7O6/c1-13(24)20(32)29-18(10-15-11-26-12-27-15)22(34)30-17(9-14-5-3-2-4-6-14)21(33)28-16(23(35)36)7-8-19(25)31/h2-6,11-13,16-18H,7-10,24H2,1H3,(H2,25,31)(H,26,27)(H,28,33)(H,29,32)(H,30,34)(H,35,36). The fourth-order valence-electron chi connectivity index (χ4n) is 3.28. The Balaban J connectivity index is 2.24. The lowest BCUT2D eigenvalue weighted by Gasteiger charge is -2.25. The highest BCUT2D eigenvalue weighted by atomic mass is 16.4. The van der Waals surface area contributed by atoms with Crippen LogP contribution in [0, 0.1) is 0 Å². The lowest BCUT2D eigenvalue weighted by atomic mass is 10.0. The van der Waals surface area contributed by atoms with Gasteiger partial charge in [0.1, 0.15) is 18.1 Å². The second-order valence-electron chi connectivity index (χ2n) is 8.29. The van der Waals surface area contributed by atoms with Crippen LogP contribution >= 0.6 is 0 Å². The summed E-state index contributed by atoms with van der Waals surface area (Å²) in [4.78, 5) is 67.9. The van der Waals surface area contributed by atoms with Crippen LogP contribution in [0.3, 0.4) is 0 Å². The summed E-state index contributed by atoms with van der Waals surface area (Å²) in [5.41, 5.74) is 12.0. The number of nitrogens with one attached hydrogen (secondary N) is 4. The van der Waals surface area contributed by atoms with Gasteiger partial charge in [-0.3, -0.25) is 19.2 Å². The molecule has 1 heterocycles. The smallest absolute Gasteiger partial charge is 0.326 e. The summed E-state index contributed by atoms with van der Waals surface area (Å²) < 4.78 is 0. The van der Waals surface area contributed by atoms with Crippen LogP contribution in [0.1, 0.15) is 31.0 Å². The van der Waals surface area contributed by atoms with Crippen molar-refractivity contribution in [1.29, 1.82) is 0 Å². The molecule has 0 saturated heterocycles. The van der Waals surface area contributed by atoms with Crippen molar-refractivity contribution in [3.63, 3.8) is 0 Å². The van der Waals surface area contributed by atoms with Crippen LogP contribution in [0.5, 0.6) is 0 Å². The summed E-state index contributed by atoms with van der Waals surface area (Å²) in [6, 6.07) is 4.22. The Kier molecular flexibility index (Phi) is 10.6. The molecular weight excluding hydrogens is 470 g/mol. The van der Waals surface area contributed by atoms with Gasteiger partial charge in [-0.1, -0.05) is 30.3 Å². The van der Waals surface area contributed by atoms with Crippen LogP contribution in [-0.2, 0) is 36.8 Å². The number of aromatic amines is 1. The zero-order valence-electron chi connectivity index (χ0n) is 19.8. The molecule has 0 aliphatic carbocycles. The number of carbonyl (C=O) groups excluding carboxylic acids is 4. The number of primary amides is 1. The number of amides is 4. The van der Waals surface area contributed by atoms with Crippen molar-refractivity contribution in [3.8, 4) is 0 Å². The molecule has 13 nitrogen and oxygen atoms in total. The van der Waals surface area contributed by atoms with Gasteiger partial charge in [0.15, 0.2) is 0 Å². The third-order valence-corrected chi connectivity index (χ3v) is 5.24. The lowest BCUT2D eigenvalue weighted by molar-refractivity contribution is -0.142. The molecule has 0 saturated carbocycles. The van der Waals surface area contributed by atoms with Crippen molar-refractivity contribution in [3.05, 3.63) is 54.1 Å². The van der Waals surface area contributed by atoms with Gasteiger partial charge in [-0.05, 0) is 18.9 Å². The number of carbonyl (C=O) groups is 5. The summed E-state index contributed by atoms with van der Waals surface area (Å²) in [6.07, 6.45) is 2.53. The van der Waals surface area contributed by atoms with Crippen molar-refractivity contribution in [2.75, 3.05) is 0 Å². The van der Waals surface area contributed by atoms with Crippen LogP contribution in [0.25, 0.3) is 0 Å². The minimum Gasteiger partial charge on any atom is -0.480 e. The van der Waals surface area contributed by atoms with Crippen molar-refractivity contribution >= 4 is 29.6 Å². The Morgan fingerprint density at radius 3 is 2.06 bits per heavy atom. The van der Waals surface area contributed by atoms with E-state index < -0.39 is 53.8 Å². The van der Waals surface area contributed by atoms with Gasteiger partial charge in [0.05, 0.1) is 12.4 Å². The van der Waals surface area contributed by atoms with Gasteiger partial charge in [-0.2, -0.15) is 0 Å². The highest BCUT2D eigenvalue weighted by Gasteiger charge is 2.30. The lowest BCUT2D eigenvalue weighted by Crippen LogP contribution is -2.58. The first-order valence-electron chi connectivity index (χ1n) is 11.3. The molecular formula is C23H31N7O6. The van der Waals surface area contributed by atoms with E-state index in [1.807, 2.05) is 0 Å². The SMILES string of the molecule is CC(N)C(=O)NC(Cc1cnc[nH]1)C(=O)NC(Cc1ccccc1)C(=O)NC(CCC(N)=O)C(=O)O. The van der Waals surface area contributed by atoms with Gasteiger partial charge < -0.3 is 37.5 Å². The van der Waals surface area contributed by atoms with Crippen LogP contribution in [-0.4, -0.2) is 68.8 Å². The number of nitrogens with two attached hydrogens (primary N) is 2. The van der Waals surface area contributed by atoms with E-state index in [1.54, 1.807) is 30.3 Å². The quantitative estimate of drug-likeness (QED) is 0.158. The molecule has 0 aliphatic rings. The first kappa shape index (κ1) is 28.0. The molecule has 9 N–H and O–H groups in total. The molecule has 1 aromatic heterocycles. The molecule has 4 amide bonds. The number of hydrogen-bond donors (Lipinski definition) is 7. The van der Waals surface area contributed by atoms with E-state index in [4.69, 9.17) is 11.5 Å². The molecule has 0 fully saturated rings. The summed E-state index contributed by atoms with van der Waals surface area (Å²) in [6.45, 7) is 1.46. The minimum atomic E-state index is -1.39. The Bertz CT molecular complexity index is 1040. The van der Waals surface area contributed by atoms with Gasteiger partial charge in [-0.25, -0.2) is 9.78 Å². The van der Waals surface area contributed by atoms with Crippen LogP contribution in [0.15, 0.2) is 42.9 Å². The summed E-state index contributed by atoms with van der Waals surface area (Å²) in [7, 11) is 0.